The molecule has 0 amide bonds. The van der Waals surface area contributed by atoms with E-state index in [2.05, 4.69) is 9.97 Å². The van der Waals surface area contributed by atoms with Crippen molar-refractivity contribution in [1.82, 2.24) is 9.97 Å². The lowest BCUT2D eigenvalue weighted by Gasteiger charge is -2.02. The molecular weight excluding hydrogens is 215 g/mol. The minimum Gasteiger partial charge on any atom is -0.232 e. The van der Waals surface area contributed by atoms with E-state index in [1.807, 2.05) is 0 Å². The Labute approximate surface area is 91.1 Å². The highest BCUT2D eigenvalue weighted by Crippen LogP contribution is 2.39. The van der Waals surface area contributed by atoms with Gasteiger partial charge in [-0.15, -0.1) is 0 Å². The normalized spacial score (nSPS) is 15.9. The molecule has 3 rings (SSSR count). The van der Waals surface area contributed by atoms with Gasteiger partial charge in [0.15, 0.2) is 0 Å². The van der Waals surface area contributed by atoms with Crippen molar-refractivity contribution in [2.45, 2.75) is 18.8 Å². The Kier molecular flexibility index (Phi) is 1.89. The van der Waals surface area contributed by atoms with Gasteiger partial charge < -0.3 is 0 Å². The lowest BCUT2D eigenvalue weighted by molar-refractivity contribution is 0.629. The summed E-state index contributed by atoms with van der Waals surface area (Å²) in [6, 6.07) is 4.40. The van der Waals surface area contributed by atoms with E-state index in [9.17, 15) is 4.39 Å². The minimum absolute atomic E-state index is 0.313. The van der Waals surface area contributed by atoms with Crippen LogP contribution in [-0.4, -0.2) is 9.97 Å². The summed E-state index contributed by atoms with van der Waals surface area (Å²) in [5.74, 6) is 0.934. The summed E-state index contributed by atoms with van der Waals surface area (Å²) in [5, 5.41) is 0.933. The smallest absolute Gasteiger partial charge is 0.140 e. The maximum absolute atomic E-state index is 13.0. The van der Waals surface area contributed by atoms with Crippen molar-refractivity contribution < 1.29 is 4.39 Å². The maximum atomic E-state index is 13.0. The number of fused-ring (bicyclic) bond motifs is 1. The van der Waals surface area contributed by atoms with E-state index in [1.54, 1.807) is 6.07 Å². The van der Waals surface area contributed by atoms with Crippen molar-refractivity contribution in [3.8, 4) is 0 Å². The molecule has 1 saturated carbocycles. The van der Waals surface area contributed by atoms with Gasteiger partial charge in [0.25, 0.3) is 0 Å². The first-order chi connectivity index (χ1) is 7.24. The zero-order chi connectivity index (χ0) is 10.4. The Bertz CT molecular complexity index is 537. The second-order valence-electron chi connectivity index (χ2n) is 3.81. The number of rotatable bonds is 1. The molecule has 0 aliphatic heterocycles. The van der Waals surface area contributed by atoms with Crippen LogP contribution in [0.15, 0.2) is 18.2 Å². The van der Waals surface area contributed by atoms with Crippen LogP contribution in [0.5, 0.6) is 0 Å². The number of aromatic nitrogens is 2. The van der Waals surface area contributed by atoms with Gasteiger partial charge in [-0.05, 0) is 31.0 Å². The Morgan fingerprint density at radius 3 is 2.80 bits per heavy atom. The second kappa shape index (κ2) is 3.14. The summed E-state index contributed by atoms with van der Waals surface area (Å²) in [4.78, 5) is 8.57. The van der Waals surface area contributed by atoms with Crippen LogP contribution in [0.3, 0.4) is 0 Å². The van der Waals surface area contributed by atoms with Crippen molar-refractivity contribution in [2.24, 2.45) is 0 Å². The van der Waals surface area contributed by atoms with Gasteiger partial charge in [-0.1, -0.05) is 11.6 Å². The third-order valence-corrected chi connectivity index (χ3v) is 2.86. The summed E-state index contributed by atoms with van der Waals surface area (Å²) in [7, 11) is 0. The molecule has 1 aromatic heterocycles. The fourth-order valence-corrected chi connectivity index (χ4v) is 1.84. The number of hydrogen-bond acceptors (Lipinski definition) is 2. The summed E-state index contributed by atoms with van der Waals surface area (Å²) in [5.41, 5.74) is 0.721. The molecule has 15 heavy (non-hydrogen) atoms. The van der Waals surface area contributed by atoms with Crippen molar-refractivity contribution in [1.29, 1.82) is 0 Å². The third kappa shape index (κ3) is 1.57. The molecule has 0 bridgehead atoms. The third-order valence-electron chi connectivity index (χ3n) is 2.57. The molecule has 1 aromatic carbocycles. The summed E-state index contributed by atoms with van der Waals surface area (Å²) in [6.45, 7) is 0. The van der Waals surface area contributed by atoms with Crippen molar-refractivity contribution in [3.63, 3.8) is 0 Å². The maximum Gasteiger partial charge on any atom is 0.140 e. The summed E-state index contributed by atoms with van der Waals surface area (Å²) >= 11 is 5.99. The molecular formula is C11H8ClFN2. The molecule has 2 aromatic rings. The number of benzene rings is 1. The molecule has 1 aliphatic carbocycles. The van der Waals surface area contributed by atoms with Crippen LogP contribution in [0.4, 0.5) is 4.39 Å². The zero-order valence-electron chi connectivity index (χ0n) is 7.87. The molecule has 1 heterocycles. The first kappa shape index (κ1) is 9.04. The van der Waals surface area contributed by atoms with Crippen molar-refractivity contribution in [2.75, 3.05) is 0 Å². The topological polar surface area (TPSA) is 25.8 Å². The van der Waals surface area contributed by atoms with Crippen molar-refractivity contribution >= 4 is 22.5 Å². The first-order valence-electron chi connectivity index (χ1n) is 4.87. The average molecular weight is 223 g/mol. The first-order valence-corrected chi connectivity index (χ1v) is 5.24. The second-order valence-corrected chi connectivity index (χ2v) is 4.17. The number of hydrogen-bond donors (Lipinski definition) is 0. The molecule has 0 saturated heterocycles. The highest BCUT2D eigenvalue weighted by Gasteiger charge is 2.27. The molecule has 0 spiro atoms. The SMILES string of the molecule is Fc1ccc2nc(C3CC3)nc(Cl)c2c1. The largest absolute Gasteiger partial charge is 0.232 e. The monoisotopic (exact) mass is 222 g/mol. The zero-order valence-corrected chi connectivity index (χ0v) is 8.63. The van der Waals surface area contributed by atoms with E-state index in [0.717, 1.165) is 24.2 Å². The van der Waals surface area contributed by atoms with E-state index in [-0.39, 0.29) is 5.82 Å². The Morgan fingerprint density at radius 1 is 1.27 bits per heavy atom. The lowest BCUT2D eigenvalue weighted by atomic mass is 10.2. The molecule has 76 valence electrons. The van der Waals surface area contributed by atoms with Crippen LogP contribution in [0, 0.1) is 5.82 Å². The highest BCUT2D eigenvalue weighted by molar-refractivity contribution is 6.34. The Balaban J connectivity index is 2.26. The van der Waals surface area contributed by atoms with Gasteiger partial charge in [0.05, 0.1) is 5.52 Å². The molecule has 0 N–H and O–H groups in total. The van der Waals surface area contributed by atoms with Gasteiger partial charge in [0.2, 0.25) is 0 Å². The molecule has 1 aliphatic rings. The van der Waals surface area contributed by atoms with E-state index < -0.39 is 0 Å². The van der Waals surface area contributed by atoms with Crippen LogP contribution in [0.25, 0.3) is 10.9 Å². The van der Waals surface area contributed by atoms with Crippen LogP contribution < -0.4 is 0 Å². The molecule has 0 unspecified atom stereocenters. The Morgan fingerprint density at radius 2 is 2.07 bits per heavy atom. The quantitative estimate of drug-likeness (QED) is 0.692. The van der Waals surface area contributed by atoms with Gasteiger partial charge in [0.1, 0.15) is 16.8 Å². The predicted octanol–water partition coefficient (Wildman–Crippen LogP) is 3.30. The average Bonchev–Trinajstić information content (AvgIpc) is 3.02. The lowest BCUT2D eigenvalue weighted by Crippen LogP contribution is -1.94. The number of nitrogens with zero attached hydrogens (tertiary/aromatic N) is 2. The van der Waals surface area contributed by atoms with E-state index in [0.29, 0.717) is 16.5 Å². The summed E-state index contributed by atoms with van der Waals surface area (Å²) in [6.07, 6.45) is 2.26. The van der Waals surface area contributed by atoms with Gasteiger partial charge in [-0.2, -0.15) is 0 Å². The van der Waals surface area contributed by atoms with E-state index in [1.165, 1.54) is 12.1 Å². The molecule has 4 heteroatoms. The van der Waals surface area contributed by atoms with Crippen LogP contribution >= 0.6 is 11.6 Å². The predicted molar refractivity (Wildman–Crippen MR) is 56.5 cm³/mol. The summed E-state index contributed by atoms with van der Waals surface area (Å²) < 4.78 is 13.0. The van der Waals surface area contributed by atoms with E-state index >= 15 is 0 Å². The number of halogens is 2. The standard InChI is InChI=1S/C11H8ClFN2/c12-10-8-5-7(13)3-4-9(8)14-11(15-10)6-1-2-6/h3-6H,1-2H2. The molecule has 0 atom stereocenters. The minimum atomic E-state index is -0.313. The van der Waals surface area contributed by atoms with E-state index in [4.69, 9.17) is 11.6 Å². The van der Waals surface area contributed by atoms with Gasteiger partial charge in [0, 0.05) is 11.3 Å². The van der Waals surface area contributed by atoms with Crippen LogP contribution in [-0.2, 0) is 0 Å². The van der Waals surface area contributed by atoms with Gasteiger partial charge in [-0.25, -0.2) is 14.4 Å². The van der Waals surface area contributed by atoms with Crippen LogP contribution in [0.2, 0.25) is 5.15 Å². The highest BCUT2D eigenvalue weighted by atomic mass is 35.5. The fourth-order valence-electron chi connectivity index (χ4n) is 1.60. The Hall–Kier alpha value is -1.22. The van der Waals surface area contributed by atoms with Gasteiger partial charge >= 0.3 is 0 Å². The van der Waals surface area contributed by atoms with Crippen molar-refractivity contribution in [3.05, 3.63) is 35.0 Å². The molecule has 0 radical (unpaired) electrons. The van der Waals surface area contributed by atoms with Crippen LogP contribution in [0.1, 0.15) is 24.6 Å². The van der Waals surface area contributed by atoms with Gasteiger partial charge in [-0.3, -0.25) is 0 Å². The molecule has 1 fully saturated rings. The fraction of sp³-hybridized carbons (Fsp3) is 0.273. The molecule has 2 nitrogen and oxygen atoms in total.